The first-order chi connectivity index (χ1) is 10.0. The van der Waals surface area contributed by atoms with Crippen LogP contribution in [-0.2, 0) is 10.8 Å². The molecule has 1 N–H and O–H groups in total. The molecule has 0 aromatic heterocycles. The van der Waals surface area contributed by atoms with Gasteiger partial charge < -0.3 is 5.32 Å². The molecule has 1 aromatic carbocycles. The molecule has 4 atom stereocenters. The molecule has 1 aromatic rings. The second-order valence-electron chi connectivity index (χ2n) is 5.64. The summed E-state index contributed by atoms with van der Waals surface area (Å²) in [6.07, 6.45) is 2.94. The Labute approximate surface area is 127 Å². The Kier molecular flexibility index (Phi) is 5.47. The maximum Gasteiger partial charge on any atom is 0.285 e. The zero-order chi connectivity index (χ0) is 15.4. The number of rotatable bonds is 5. The molecule has 6 heteroatoms. The van der Waals surface area contributed by atoms with Gasteiger partial charge in [0.15, 0.2) is 0 Å². The highest BCUT2D eigenvalue weighted by atomic mass is 32.2. The molecular formula is C15H22N2O3S. The van der Waals surface area contributed by atoms with Crippen molar-refractivity contribution < 1.29 is 9.13 Å². The first kappa shape index (κ1) is 16.1. The molecule has 4 unspecified atom stereocenters. The fraction of sp³-hybridized carbons (Fsp3) is 0.600. The Bertz CT molecular complexity index is 535. The van der Waals surface area contributed by atoms with Crippen LogP contribution < -0.4 is 5.32 Å². The molecule has 0 heterocycles. The lowest BCUT2D eigenvalue weighted by atomic mass is 9.87. The highest BCUT2D eigenvalue weighted by Crippen LogP contribution is 2.33. The lowest BCUT2D eigenvalue weighted by Crippen LogP contribution is -2.46. The van der Waals surface area contributed by atoms with E-state index < -0.39 is 15.7 Å². The topological polar surface area (TPSA) is 72.2 Å². The molecule has 2 rings (SSSR count). The van der Waals surface area contributed by atoms with E-state index in [0.717, 1.165) is 25.8 Å². The summed E-state index contributed by atoms with van der Waals surface area (Å²) >= 11 is 0. The van der Waals surface area contributed by atoms with Gasteiger partial charge in [-0.2, -0.15) is 0 Å². The summed E-state index contributed by atoms with van der Waals surface area (Å²) in [5.41, 5.74) is -0.0377. The lowest BCUT2D eigenvalue weighted by Gasteiger charge is -2.34. The van der Waals surface area contributed by atoms with Crippen molar-refractivity contribution in [3.05, 3.63) is 34.4 Å². The number of hydrogen-bond acceptors (Lipinski definition) is 4. The van der Waals surface area contributed by atoms with Crippen molar-refractivity contribution in [2.24, 2.45) is 5.92 Å². The monoisotopic (exact) mass is 310 g/mol. The third kappa shape index (κ3) is 3.68. The molecule has 0 aliphatic heterocycles. The van der Waals surface area contributed by atoms with E-state index in [2.05, 4.69) is 12.2 Å². The van der Waals surface area contributed by atoms with Crippen molar-refractivity contribution in [2.75, 3.05) is 6.54 Å². The smallest absolute Gasteiger partial charge is 0.285 e. The number of nitrogens with one attached hydrogen (secondary N) is 1. The SMILES string of the molecule is CCNC1CCC(C)CC1S(=O)c1ccccc1[N+](=O)[O-]. The molecule has 1 saturated carbocycles. The van der Waals surface area contributed by atoms with Crippen molar-refractivity contribution in [1.29, 1.82) is 0 Å². The second kappa shape index (κ2) is 7.13. The van der Waals surface area contributed by atoms with E-state index in [9.17, 15) is 14.3 Å². The highest BCUT2D eigenvalue weighted by Gasteiger charge is 2.35. The molecule has 0 spiro atoms. The van der Waals surface area contributed by atoms with Crippen LogP contribution in [0.15, 0.2) is 29.2 Å². The molecule has 0 bridgehead atoms. The van der Waals surface area contributed by atoms with Crippen LogP contribution in [-0.4, -0.2) is 27.0 Å². The Morgan fingerprint density at radius 1 is 1.38 bits per heavy atom. The number of nitro groups is 1. The van der Waals surface area contributed by atoms with Crippen LogP contribution in [0.25, 0.3) is 0 Å². The Morgan fingerprint density at radius 2 is 2.10 bits per heavy atom. The Hall–Kier alpha value is -1.27. The number of benzene rings is 1. The van der Waals surface area contributed by atoms with Gasteiger partial charge in [-0.1, -0.05) is 26.0 Å². The van der Waals surface area contributed by atoms with Gasteiger partial charge in [-0.3, -0.25) is 14.3 Å². The summed E-state index contributed by atoms with van der Waals surface area (Å²) in [4.78, 5) is 11.0. The highest BCUT2D eigenvalue weighted by molar-refractivity contribution is 7.86. The van der Waals surface area contributed by atoms with Gasteiger partial charge in [0, 0.05) is 12.1 Å². The van der Waals surface area contributed by atoms with Crippen LogP contribution in [0.4, 0.5) is 5.69 Å². The summed E-state index contributed by atoms with van der Waals surface area (Å²) in [7, 11) is -1.36. The van der Waals surface area contributed by atoms with Crippen LogP contribution in [0.5, 0.6) is 0 Å². The van der Waals surface area contributed by atoms with Crippen LogP contribution >= 0.6 is 0 Å². The van der Waals surface area contributed by atoms with E-state index in [1.165, 1.54) is 6.07 Å². The van der Waals surface area contributed by atoms with Crippen molar-refractivity contribution in [1.82, 2.24) is 5.32 Å². The van der Waals surface area contributed by atoms with Gasteiger partial charge in [-0.25, -0.2) is 0 Å². The molecule has 0 saturated heterocycles. The van der Waals surface area contributed by atoms with Crippen molar-refractivity contribution >= 4 is 16.5 Å². The largest absolute Gasteiger partial charge is 0.313 e. The third-order valence-corrected chi connectivity index (χ3v) is 5.92. The number of hydrogen-bond donors (Lipinski definition) is 1. The first-order valence-electron chi connectivity index (χ1n) is 7.42. The Balaban J connectivity index is 2.30. The molecule has 1 fully saturated rings. The maximum absolute atomic E-state index is 12.9. The molecule has 0 radical (unpaired) electrons. The van der Waals surface area contributed by atoms with Crippen LogP contribution in [0.1, 0.15) is 33.1 Å². The first-order valence-corrected chi connectivity index (χ1v) is 8.63. The number of para-hydroxylation sites is 1. The summed E-state index contributed by atoms with van der Waals surface area (Å²) < 4.78 is 12.9. The second-order valence-corrected chi connectivity index (χ2v) is 7.28. The van der Waals surface area contributed by atoms with Gasteiger partial charge in [-0.05, 0) is 37.8 Å². The normalized spacial score (nSPS) is 27.2. The molecule has 1 aliphatic rings. The van der Waals surface area contributed by atoms with E-state index in [1.807, 2.05) is 6.92 Å². The van der Waals surface area contributed by atoms with Crippen LogP contribution in [0.3, 0.4) is 0 Å². The minimum atomic E-state index is -1.36. The summed E-state index contributed by atoms with van der Waals surface area (Å²) in [6, 6.07) is 6.56. The van der Waals surface area contributed by atoms with Crippen molar-refractivity contribution in [3.63, 3.8) is 0 Å². The van der Waals surface area contributed by atoms with E-state index >= 15 is 0 Å². The predicted octanol–water partition coefficient (Wildman–Crippen LogP) is 2.87. The minimum Gasteiger partial charge on any atom is -0.313 e. The van der Waals surface area contributed by atoms with Gasteiger partial charge in [-0.15, -0.1) is 0 Å². The maximum atomic E-state index is 12.9. The average molecular weight is 310 g/mol. The van der Waals surface area contributed by atoms with Gasteiger partial charge >= 0.3 is 0 Å². The Morgan fingerprint density at radius 3 is 2.76 bits per heavy atom. The van der Waals surface area contributed by atoms with Gasteiger partial charge in [0.1, 0.15) is 4.90 Å². The molecular weight excluding hydrogens is 288 g/mol. The lowest BCUT2D eigenvalue weighted by molar-refractivity contribution is -0.387. The van der Waals surface area contributed by atoms with Gasteiger partial charge in [0.2, 0.25) is 0 Å². The standard InChI is InChI=1S/C15H22N2O3S/c1-3-16-12-9-8-11(2)10-15(12)21(20)14-7-5-4-6-13(14)17(18)19/h4-7,11-12,15-16H,3,8-10H2,1-2H3. The molecule has 116 valence electrons. The van der Waals surface area contributed by atoms with Crippen molar-refractivity contribution in [3.8, 4) is 0 Å². The molecule has 21 heavy (non-hydrogen) atoms. The number of nitrogens with zero attached hydrogens (tertiary/aromatic N) is 1. The van der Waals surface area contributed by atoms with E-state index in [0.29, 0.717) is 10.8 Å². The molecule has 1 aliphatic carbocycles. The summed E-state index contributed by atoms with van der Waals surface area (Å²) in [5.74, 6) is 0.511. The molecule has 5 nitrogen and oxygen atoms in total. The quantitative estimate of drug-likeness (QED) is 0.670. The van der Waals surface area contributed by atoms with E-state index in [4.69, 9.17) is 0 Å². The number of nitro benzene ring substituents is 1. The van der Waals surface area contributed by atoms with E-state index in [1.54, 1.807) is 18.2 Å². The fourth-order valence-electron chi connectivity index (χ4n) is 3.00. The van der Waals surface area contributed by atoms with Crippen LogP contribution in [0.2, 0.25) is 0 Å². The van der Waals surface area contributed by atoms with Crippen molar-refractivity contribution in [2.45, 2.75) is 49.3 Å². The fourth-order valence-corrected chi connectivity index (χ4v) is 4.92. The minimum absolute atomic E-state index is 0.0377. The van der Waals surface area contributed by atoms with Gasteiger partial charge in [0.25, 0.3) is 5.69 Å². The van der Waals surface area contributed by atoms with Crippen LogP contribution in [0, 0.1) is 16.0 Å². The predicted molar refractivity (Wildman–Crippen MR) is 83.8 cm³/mol. The average Bonchev–Trinajstić information content (AvgIpc) is 2.48. The molecule has 0 amide bonds. The summed E-state index contributed by atoms with van der Waals surface area (Å²) in [6.45, 7) is 5.01. The van der Waals surface area contributed by atoms with Gasteiger partial charge in [0.05, 0.1) is 21.0 Å². The zero-order valence-corrected chi connectivity index (χ0v) is 13.3. The third-order valence-electron chi connectivity index (χ3n) is 4.07. The zero-order valence-electron chi connectivity index (χ0n) is 12.5. The summed E-state index contributed by atoms with van der Waals surface area (Å²) in [5, 5.41) is 14.5. The van der Waals surface area contributed by atoms with E-state index in [-0.39, 0.29) is 17.0 Å².